The highest BCUT2D eigenvalue weighted by molar-refractivity contribution is 9.12. The molecule has 0 amide bonds. The number of unbranched alkanes of at least 4 members (excludes halogenated alkanes) is 2. The molecule has 0 aliphatic heterocycles. The van der Waals surface area contributed by atoms with Gasteiger partial charge in [0.15, 0.2) is 0 Å². The minimum Gasteiger partial charge on any atom is -0.207 e. The van der Waals surface area contributed by atoms with Crippen LogP contribution in [0.5, 0.6) is 0 Å². The van der Waals surface area contributed by atoms with Crippen molar-refractivity contribution >= 4 is 31.9 Å². The molecule has 1 aromatic carbocycles. The summed E-state index contributed by atoms with van der Waals surface area (Å²) >= 11 is 7.73. The lowest BCUT2D eigenvalue weighted by Crippen LogP contribution is -2.23. The van der Waals surface area contributed by atoms with Crippen molar-refractivity contribution in [3.63, 3.8) is 0 Å². The summed E-state index contributed by atoms with van der Waals surface area (Å²) in [6, 6.07) is 6.89. The zero-order valence-corrected chi connectivity index (χ0v) is 18.0. The van der Waals surface area contributed by atoms with Crippen LogP contribution in [0.2, 0.25) is 0 Å². The Labute approximate surface area is 164 Å². The highest BCUT2D eigenvalue weighted by Gasteiger charge is 2.25. The van der Waals surface area contributed by atoms with Crippen molar-refractivity contribution in [2.45, 2.75) is 80.8 Å². The fraction of sp³-hybridized carbons (Fsp3) is 0.714. The first-order valence-electron chi connectivity index (χ1n) is 9.61. The Balaban J connectivity index is 1.68. The lowest BCUT2D eigenvalue weighted by molar-refractivity contribution is 0.248. The van der Waals surface area contributed by atoms with Crippen LogP contribution in [0.3, 0.4) is 0 Å². The van der Waals surface area contributed by atoms with Crippen LogP contribution in [-0.2, 0) is 6.42 Å². The maximum Gasteiger partial charge on any atom is 0.123 e. The summed E-state index contributed by atoms with van der Waals surface area (Å²) in [5.41, 5.74) is 1.20. The van der Waals surface area contributed by atoms with E-state index in [0.29, 0.717) is 9.65 Å². The normalized spacial score (nSPS) is 23.8. The molecule has 24 heavy (non-hydrogen) atoms. The Kier molecular flexibility index (Phi) is 9.32. The van der Waals surface area contributed by atoms with E-state index in [1.807, 2.05) is 12.1 Å². The van der Waals surface area contributed by atoms with Crippen LogP contribution in [0.25, 0.3) is 0 Å². The first kappa shape index (κ1) is 20.4. The maximum atomic E-state index is 13.0. The number of rotatable bonds is 9. The topological polar surface area (TPSA) is 0 Å². The summed E-state index contributed by atoms with van der Waals surface area (Å²) in [4.78, 5) is 0.898. The van der Waals surface area contributed by atoms with E-state index in [2.05, 4.69) is 38.8 Å². The van der Waals surface area contributed by atoms with Crippen molar-refractivity contribution in [1.29, 1.82) is 0 Å². The molecule has 2 unspecified atom stereocenters. The summed E-state index contributed by atoms with van der Waals surface area (Å²) in [6.07, 6.45) is 13.5. The summed E-state index contributed by atoms with van der Waals surface area (Å²) in [5.74, 6) is 1.70. The second-order valence-corrected chi connectivity index (χ2v) is 9.83. The number of halogens is 3. The van der Waals surface area contributed by atoms with Gasteiger partial charge in [-0.05, 0) is 42.4 Å². The van der Waals surface area contributed by atoms with Gasteiger partial charge < -0.3 is 0 Å². The number of alkyl halides is 2. The fourth-order valence-corrected chi connectivity index (χ4v) is 5.18. The molecule has 0 radical (unpaired) electrons. The van der Waals surface area contributed by atoms with Crippen LogP contribution in [0.1, 0.15) is 70.3 Å². The molecule has 1 fully saturated rings. The molecular formula is C21H31Br2F. The van der Waals surface area contributed by atoms with Gasteiger partial charge in [-0.3, -0.25) is 0 Å². The number of hydrogen-bond acceptors (Lipinski definition) is 0. The van der Waals surface area contributed by atoms with Crippen LogP contribution in [0, 0.1) is 17.7 Å². The molecular weight excluding hydrogens is 431 g/mol. The standard InChI is InChI=1S/C21H31Br2F/c1-2-3-4-5-16-6-8-17(9-7-16)14-20(22)21(23)15-18-10-12-19(24)13-11-18/h10-13,16-17,20-21H,2-9,14-15H2,1H3. The van der Waals surface area contributed by atoms with Gasteiger partial charge in [0.25, 0.3) is 0 Å². The van der Waals surface area contributed by atoms with Gasteiger partial charge in [0.2, 0.25) is 0 Å². The molecule has 0 saturated heterocycles. The van der Waals surface area contributed by atoms with E-state index < -0.39 is 0 Å². The Hall–Kier alpha value is 0.110. The monoisotopic (exact) mass is 460 g/mol. The van der Waals surface area contributed by atoms with Gasteiger partial charge in [-0.25, -0.2) is 4.39 Å². The van der Waals surface area contributed by atoms with Gasteiger partial charge in [-0.1, -0.05) is 102 Å². The Bertz CT molecular complexity index is 451. The largest absolute Gasteiger partial charge is 0.207 e. The Morgan fingerprint density at radius 2 is 1.58 bits per heavy atom. The van der Waals surface area contributed by atoms with Crippen LogP contribution in [0.15, 0.2) is 24.3 Å². The van der Waals surface area contributed by atoms with Gasteiger partial charge in [-0.15, -0.1) is 0 Å². The molecule has 1 aromatic rings. The van der Waals surface area contributed by atoms with E-state index in [0.717, 1.165) is 18.3 Å². The molecule has 0 spiro atoms. The van der Waals surface area contributed by atoms with E-state index in [1.165, 1.54) is 63.4 Å². The summed E-state index contributed by atoms with van der Waals surface area (Å²) in [7, 11) is 0. The van der Waals surface area contributed by atoms with E-state index >= 15 is 0 Å². The Morgan fingerprint density at radius 3 is 2.21 bits per heavy atom. The van der Waals surface area contributed by atoms with Crippen LogP contribution < -0.4 is 0 Å². The smallest absolute Gasteiger partial charge is 0.123 e. The van der Waals surface area contributed by atoms with E-state index in [4.69, 9.17) is 0 Å². The quantitative estimate of drug-likeness (QED) is 0.261. The molecule has 1 saturated carbocycles. The van der Waals surface area contributed by atoms with Crippen LogP contribution >= 0.6 is 31.9 Å². The molecule has 2 rings (SSSR count). The zero-order valence-electron chi connectivity index (χ0n) is 14.8. The van der Waals surface area contributed by atoms with Gasteiger partial charge in [-0.2, -0.15) is 0 Å². The third-order valence-electron chi connectivity index (χ3n) is 5.48. The molecule has 0 bridgehead atoms. The number of hydrogen-bond donors (Lipinski definition) is 0. The third-order valence-corrected chi connectivity index (χ3v) is 8.16. The molecule has 2 atom stereocenters. The fourth-order valence-electron chi connectivity index (χ4n) is 3.88. The van der Waals surface area contributed by atoms with Crippen molar-refractivity contribution in [2.75, 3.05) is 0 Å². The highest BCUT2D eigenvalue weighted by Crippen LogP contribution is 2.36. The molecule has 1 aliphatic carbocycles. The third kappa shape index (κ3) is 7.15. The average Bonchev–Trinajstić information content (AvgIpc) is 2.58. The molecule has 3 heteroatoms. The molecule has 0 N–H and O–H groups in total. The average molecular weight is 462 g/mol. The first-order chi connectivity index (χ1) is 11.6. The van der Waals surface area contributed by atoms with E-state index in [-0.39, 0.29) is 5.82 Å². The lowest BCUT2D eigenvalue weighted by atomic mass is 9.78. The Morgan fingerprint density at radius 1 is 0.958 bits per heavy atom. The van der Waals surface area contributed by atoms with E-state index in [9.17, 15) is 4.39 Å². The predicted molar refractivity (Wildman–Crippen MR) is 110 cm³/mol. The van der Waals surface area contributed by atoms with Crippen molar-refractivity contribution in [3.05, 3.63) is 35.6 Å². The maximum absolute atomic E-state index is 13.0. The van der Waals surface area contributed by atoms with Gasteiger partial charge in [0.1, 0.15) is 5.82 Å². The molecule has 0 nitrogen and oxygen atoms in total. The van der Waals surface area contributed by atoms with Crippen molar-refractivity contribution in [3.8, 4) is 0 Å². The van der Waals surface area contributed by atoms with Gasteiger partial charge in [0.05, 0.1) is 0 Å². The molecule has 1 aliphatic rings. The molecule has 0 heterocycles. The first-order valence-corrected chi connectivity index (χ1v) is 11.4. The van der Waals surface area contributed by atoms with Crippen molar-refractivity contribution < 1.29 is 4.39 Å². The van der Waals surface area contributed by atoms with Crippen LogP contribution in [-0.4, -0.2) is 9.65 Å². The van der Waals surface area contributed by atoms with E-state index in [1.54, 1.807) is 12.1 Å². The summed E-state index contributed by atoms with van der Waals surface area (Å²) in [6.45, 7) is 2.29. The predicted octanol–water partition coefficient (Wildman–Crippen LogP) is 7.67. The highest BCUT2D eigenvalue weighted by atomic mass is 79.9. The second kappa shape index (κ2) is 11.0. The van der Waals surface area contributed by atoms with Crippen LogP contribution in [0.4, 0.5) is 4.39 Å². The molecule has 136 valence electrons. The van der Waals surface area contributed by atoms with Gasteiger partial charge >= 0.3 is 0 Å². The summed E-state index contributed by atoms with van der Waals surface area (Å²) in [5, 5.41) is 0. The summed E-state index contributed by atoms with van der Waals surface area (Å²) < 4.78 is 13.0. The van der Waals surface area contributed by atoms with Crippen molar-refractivity contribution in [1.82, 2.24) is 0 Å². The van der Waals surface area contributed by atoms with Gasteiger partial charge in [0, 0.05) is 9.65 Å². The SMILES string of the molecule is CCCCCC1CCC(CC(Br)C(Br)Cc2ccc(F)cc2)CC1. The lowest BCUT2D eigenvalue weighted by Gasteiger charge is -2.31. The zero-order chi connectivity index (χ0) is 17.4. The molecule has 0 aromatic heterocycles. The van der Waals surface area contributed by atoms with Crippen molar-refractivity contribution in [2.24, 2.45) is 11.8 Å². The number of benzene rings is 1. The second-order valence-electron chi connectivity index (χ2n) is 7.48. The minimum absolute atomic E-state index is 0.157. The minimum atomic E-state index is -0.157.